The Morgan fingerprint density at radius 1 is 1.31 bits per heavy atom. The van der Waals surface area contributed by atoms with Crippen LogP contribution in [-0.4, -0.2) is 10.9 Å². The van der Waals surface area contributed by atoms with E-state index in [0.29, 0.717) is 5.69 Å². The molecule has 2 aromatic heterocycles. The van der Waals surface area contributed by atoms with Crippen LogP contribution in [0.1, 0.15) is 10.5 Å². The van der Waals surface area contributed by atoms with Gasteiger partial charge in [-0.05, 0) is 18.2 Å². The van der Waals surface area contributed by atoms with Gasteiger partial charge in [-0.25, -0.2) is 0 Å². The molecule has 0 saturated carbocycles. The van der Waals surface area contributed by atoms with Crippen LogP contribution in [0, 0.1) is 0 Å². The van der Waals surface area contributed by atoms with Crippen molar-refractivity contribution >= 4 is 44.3 Å². The Balaban J connectivity index is 2.53. The standard InChI is InChI=1S/C12H8BrNO2/c1-14-8(6-15)5-11-12(14)9-4-7(13)2-3-10(9)16-11/h2-6H,1H3. The molecule has 80 valence electrons. The molecule has 0 spiro atoms. The van der Waals surface area contributed by atoms with E-state index in [1.54, 1.807) is 6.07 Å². The number of carbonyl (C=O) groups excluding carboxylic acids is 1. The number of rotatable bonds is 1. The molecule has 3 nitrogen and oxygen atoms in total. The number of furan rings is 1. The minimum atomic E-state index is 0.621. The molecule has 3 aromatic rings. The summed E-state index contributed by atoms with van der Waals surface area (Å²) in [6.07, 6.45) is 0.833. The Morgan fingerprint density at radius 2 is 2.12 bits per heavy atom. The Morgan fingerprint density at radius 3 is 2.88 bits per heavy atom. The quantitative estimate of drug-likeness (QED) is 0.638. The lowest BCUT2D eigenvalue weighted by Gasteiger charge is -1.96. The number of aromatic nitrogens is 1. The summed E-state index contributed by atoms with van der Waals surface area (Å²) in [5.41, 5.74) is 3.16. The van der Waals surface area contributed by atoms with Crippen molar-refractivity contribution in [2.45, 2.75) is 0 Å². The van der Waals surface area contributed by atoms with Crippen LogP contribution >= 0.6 is 15.9 Å². The van der Waals surface area contributed by atoms with Crippen molar-refractivity contribution in [1.29, 1.82) is 0 Å². The van der Waals surface area contributed by atoms with Crippen molar-refractivity contribution in [3.63, 3.8) is 0 Å². The van der Waals surface area contributed by atoms with Gasteiger partial charge in [0.2, 0.25) is 0 Å². The molecule has 16 heavy (non-hydrogen) atoms. The van der Waals surface area contributed by atoms with E-state index in [0.717, 1.165) is 32.8 Å². The van der Waals surface area contributed by atoms with E-state index in [2.05, 4.69) is 15.9 Å². The molecule has 4 heteroatoms. The molecule has 0 fully saturated rings. The lowest BCUT2D eigenvalue weighted by Crippen LogP contribution is -1.93. The number of carbonyl (C=O) groups is 1. The van der Waals surface area contributed by atoms with Crippen LogP contribution in [0.3, 0.4) is 0 Å². The molecule has 0 aliphatic carbocycles. The summed E-state index contributed by atoms with van der Waals surface area (Å²) < 4.78 is 8.51. The fourth-order valence-electron chi connectivity index (χ4n) is 1.99. The predicted molar refractivity (Wildman–Crippen MR) is 65.8 cm³/mol. The molecule has 0 unspecified atom stereocenters. The third-order valence-electron chi connectivity index (χ3n) is 2.77. The molecule has 0 amide bonds. The van der Waals surface area contributed by atoms with E-state index in [9.17, 15) is 4.79 Å². The fourth-order valence-corrected chi connectivity index (χ4v) is 2.35. The second-order valence-electron chi connectivity index (χ2n) is 3.70. The SMILES string of the molecule is Cn1c(C=O)cc2oc3ccc(Br)cc3c21. The average molecular weight is 278 g/mol. The number of aldehydes is 1. The van der Waals surface area contributed by atoms with Crippen LogP contribution in [-0.2, 0) is 7.05 Å². The van der Waals surface area contributed by atoms with Crippen molar-refractivity contribution in [3.8, 4) is 0 Å². The van der Waals surface area contributed by atoms with Gasteiger partial charge in [-0.1, -0.05) is 15.9 Å². The van der Waals surface area contributed by atoms with Crippen molar-refractivity contribution in [2.75, 3.05) is 0 Å². The second kappa shape index (κ2) is 3.22. The maximum absolute atomic E-state index is 10.8. The van der Waals surface area contributed by atoms with Crippen LogP contribution in [0.4, 0.5) is 0 Å². The summed E-state index contributed by atoms with van der Waals surface area (Å²) in [5, 5.41) is 1.01. The third-order valence-corrected chi connectivity index (χ3v) is 3.27. The summed E-state index contributed by atoms with van der Waals surface area (Å²) >= 11 is 3.43. The Hall–Kier alpha value is -1.55. The zero-order chi connectivity index (χ0) is 11.3. The van der Waals surface area contributed by atoms with Crippen molar-refractivity contribution in [2.24, 2.45) is 7.05 Å². The van der Waals surface area contributed by atoms with Crippen LogP contribution in [0.2, 0.25) is 0 Å². The van der Waals surface area contributed by atoms with Gasteiger partial charge in [-0.2, -0.15) is 0 Å². The summed E-state index contributed by atoms with van der Waals surface area (Å²) in [6.45, 7) is 0. The molecule has 0 atom stereocenters. The first-order valence-corrected chi connectivity index (χ1v) is 5.62. The summed E-state index contributed by atoms with van der Waals surface area (Å²) in [5.74, 6) is 0. The number of benzene rings is 1. The zero-order valence-electron chi connectivity index (χ0n) is 8.53. The fraction of sp³-hybridized carbons (Fsp3) is 0.0833. The largest absolute Gasteiger partial charge is 0.454 e. The van der Waals surface area contributed by atoms with Gasteiger partial charge < -0.3 is 8.98 Å². The highest BCUT2D eigenvalue weighted by Crippen LogP contribution is 2.32. The van der Waals surface area contributed by atoms with Gasteiger partial charge >= 0.3 is 0 Å². The molecule has 0 aliphatic heterocycles. The minimum Gasteiger partial charge on any atom is -0.454 e. The van der Waals surface area contributed by atoms with E-state index in [1.165, 1.54) is 0 Å². The third kappa shape index (κ3) is 1.16. The molecule has 0 saturated heterocycles. The molecular weight excluding hydrogens is 270 g/mol. The number of hydrogen-bond acceptors (Lipinski definition) is 2. The number of fused-ring (bicyclic) bond motifs is 3. The first-order chi connectivity index (χ1) is 7.70. The minimum absolute atomic E-state index is 0.621. The summed E-state index contributed by atoms with van der Waals surface area (Å²) in [4.78, 5) is 10.8. The van der Waals surface area contributed by atoms with Gasteiger partial charge in [0.05, 0.1) is 11.2 Å². The van der Waals surface area contributed by atoms with Gasteiger partial charge in [-0.3, -0.25) is 4.79 Å². The molecule has 1 aromatic carbocycles. The smallest absolute Gasteiger partial charge is 0.166 e. The second-order valence-corrected chi connectivity index (χ2v) is 4.62. The van der Waals surface area contributed by atoms with Crippen molar-refractivity contribution < 1.29 is 9.21 Å². The maximum atomic E-state index is 10.8. The number of aryl methyl sites for hydroxylation is 1. The molecule has 0 radical (unpaired) electrons. The first-order valence-electron chi connectivity index (χ1n) is 4.83. The summed E-state index contributed by atoms with van der Waals surface area (Å²) in [6, 6.07) is 7.61. The normalized spacial score (nSPS) is 11.4. The highest BCUT2D eigenvalue weighted by molar-refractivity contribution is 9.10. The monoisotopic (exact) mass is 277 g/mol. The molecule has 0 N–H and O–H groups in total. The molecular formula is C12H8BrNO2. The van der Waals surface area contributed by atoms with E-state index in [-0.39, 0.29) is 0 Å². The van der Waals surface area contributed by atoms with Crippen molar-refractivity contribution in [1.82, 2.24) is 4.57 Å². The van der Waals surface area contributed by atoms with E-state index in [1.807, 2.05) is 29.8 Å². The summed E-state index contributed by atoms with van der Waals surface area (Å²) in [7, 11) is 1.86. The van der Waals surface area contributed by atoms with E-state index >= 15 is 0 Å². The Bertz CT molecular complexity index is 709. The van der Waals surface area contributed by atoms with Gasteiger partial charge in [0.1, 0.15) is 5.58 Å². The van der Waals surface area contributed by atoms with Crippen LogP contribution in [0.5, 0.6) is 0 Å². The highest BCUT2D eigenvalue weighted by atomic mass is 79.9. The predicted octanol–water partition coefficient (Wildman–Crippen LogP) is 3.50. The first kappa shape index (κ1) is 9.66. The topological polar surface area (TPSA) is 35.1 Å². The van der Waals surface area contributed by atoms with Gasteiger partial charge in [-0.15, -0.1) is 0 Å². The van der Waals surface area contributed by atoms with Crippen LogP contribution in [0.25, 0.3) is 22.1 Å². The lowest BCUT2D eigenvalue weighted by molar-refractivity contribution is 0.111. The van der Waals surface area contributed by atoms with E-state index < -0.39 is 0 Å². The number of hydrogen-bond donors (Lipinski definition) is 0. The van der Waals surface area contributed by atoms with E-state index in [4.69, 9.17) is 4.42 Å². The maximum Gasteiger partial charge on any atom is 0.166 e. The van der Waals surface area contributed by atoms with Gasteiger partial charge in [0, 0.05) is 23.0 Å². The Kier molecular flexibility index (Phi) is 1.94. The van der Waals surface area contributed by atoms with Gasteiger partial charge in [0.25, 0.3) is 0 Å². The molecule has 0 aliphatic rings. The molecule has 3 rings (SSSR count). The highest BCUT2D eigenvalue weighted by Gasteiger charge is 2.13. The molecule has 0 bridgehead atoms. The average Bonchev–Trinajstić information content (AvgIpc) is 2.76. The van der Waals surface area contributed by atoms with Crippen LogP contribution < -0.4 is 0 Å². The Labute approximate surface area is 99.8 Å². The lowest BCUT2D eigenvalue weighted by atomic mass is 10.2. The number of nitrogens with zero attached hydrogens (tertiary/aromatic N) is 1. The zero-order valence-corrected chi connectivity index (χ0v) is 10.1. The molecule has 2 heterocycles. The number of halogens is 1. The van der Waals surface area contributed by atoms with Crippen molar-refractivity contribution in [3.05, 3.63) is 34.4 Å². The van der Waals surface area contributed by atoms with Gasteiger partial charge in [0.15, 0.2) is 11.9 Å². The van der Waals surface area contributed by atoms with Crippen LogP contribution in [0.15, 0.2) is 33.2 Å².